The molecule has 1 saturated heterocycles. The van der Waals surface area contributed by atoms with E-state index in [1.165, 1.54) is 0 Å². The number of rotatable bonds is 6. The van der Waals surface area contributed by atoms with Gasteiger partial charge in [0.1, 0.15) is 12.8 Å². The zero-order chi connectivity index (χ0) is 19.9. The average molecular weight is 381 g/mol. The first-order valence-corrected chi connectivity index (χ1v) is 9.06. The van der Waals surface area contributed by atoms with Crippen molar-refractivity contribution in [3.05, 3.63) is 59.7 Å². The van der Waals surface area contributed by atoms with E-state index in [1.54, 1.807) is 35.3 Å². The van der Waals surface area contributed by atoms with Gasteiger partial charge in [-0.2, -0.15) is 0 Å². The highest BCUT2D eigenvalue weighted by Gasteiger charge is 2.27. The monoisotopic (exact) mass is 381 g/mol. The van der Waals surface area contributed by atoms with Crippen LogP contribution in [0.15, 0.2) is 48.5 Å². The Labute approximate surface area is 163 Å². The lowest BCUT2D eigenvalue weighted by atomic mass is 10.2. The largest absolute Gasteiger partial charge is 0.399 e. The number of carbonyl (C=O) groups excluding carboxylic acids is 3. The first-order chi connectivity index (χ1) is 13.6. The van der Waals surface area contributed by atoms with E-state index >= 15 is 0 Å². The number of nitrogens with zero attached hydrogens (tertiary/aromatic N) is 2. The van der Waals surface area contributed by atoms with Crippen LogP contribution in [0, 0.1) is 0 Å². The molecule has 1 fully saturated rings. The van der Waals surface area contributed by atoms with Crippen molar-refractivity contribution in [1.29, 1.82) is 0 Å². The second kappa shape index (κ2) is 8.90. The van der Waals surface area contributed by atoms with E-state index in [-0.39, 0.29) is 12.5 Å². The number of amides is 3. The summed E-state index contributed by atoms with van der Waals surface area (Å²) < 4.78 is 0. The summed E-state index contributed by atoms with van der Waals surface area (Å²) in [5.41, 5.74) is 8.54. The van der Waals surface area contributed by atoms with Crippen molar-refractivity contribution in [2.75, 3.05) is 30.4 Å². The van der Waals surface area contributed by atoms with Crippen molar-refractivity contribution < 1.29 is 14.4 Å². The van der Waals surface area contributed by atoms with Gasteiger partial charge < -0.3 is 16.4 Å². The first-order valence-electron chi connectivity index (χ1n) is 9.06. The third-order valence-electron chi connectivity index (χ3n) is 4.46. The fraction of sp³-hybridized carbons (Fsp3) is 0.250. The smallest absolute Gasteiger partial charge is 0.315 e. The molecule has 1 heterocycles. The zero-order valence-electron chi connectivity index (χ0n) is 15.4. The van der Waals surface area contributed by atoms with Crippen molar-refractivity contribution in [2.24, 2.45) is 0 Å². The van der Waals surface area contributed by atoms with Crippen LogP contribution >= 0.6 is 0 Å². The topological polar surface area (TPSA) is 108 Å². The van der Waals surface area contributed by atoms with E-state index in [0.717, 1.165) is 24.0 Å². The van der Waals surface area contributed by atoms with E-state index < -0.39 is 6.03 Å². The van der Waals surface area contributed by atoms with Crippen LogP contribution in [0.1, 0.15) is 22.3 Å². The number of nitrogen functional groups attached to an aromatic ring is 1. The van der Waals surface area contributed by atoms with Gasteiger partial charge in [-0.15, -0.1) is 0 Å². The Balaban J connectivity index is 1.51. The van der Waals surface area contributed by atoms with Crippen molar-refractivity contribution in [1.82, 2.24) is 15.6 Å². The Kier molecular flexibility index (Phi) is 6.11. The minimum atomic E-state index is -0.418. The molecule has 4 N–H and O–H groups in total. The number of nitrogens with one attached hydrogen (secondary N) is 2. The third-order valence-corrected chi connectivity index (χ3v) is 4.46. The van der Waals surface area contributed by atoms with Crippen molar-refractivity contribution in [3.63, 3.8) is 0 Å². The summed E-state index contributed by atoms with van der Waals surface area (Å²) in [5, 5.41) is 8.73. The van der Waals surface area contributed by atoms with Crippen LogP contribution in [0.5, 0.6) is 0 Å². The molecule has 0 unspecified atom stereocenters. The van der Waals surface area contributed by atoms with Crippen molar-refractivity contribution >= 4 is 29.6 Å². The Morgan fingerprint density at radius 3 is 2.61 bits per heavy atom. The molecule has 0 atom stereocenters. The predicted molar refractivity (Wildman–Crippen MR) is 107 cm³/mol. The maximum absolute atomic E-state index is 12.6. The molecule has 1 aliphatic heterocycles. The normalized spacial score (nSPS) is 13.3. The summed E-state index contributed by atoms with van der Waals surface area (Å²) in [6.07, 6.45) is 1.60. The molecule has 2 aromatic carbocycles. The number of hydrogen-bond acceptors (Lipinski definition) is 5. The number of anilines is 2. The minimum Gasteiger partial charge on any atom is -0.399 e. The summed E-state index contributed by atoms with van der Waals surface area (Å²) in [6, 6.07) is 13.9. The molecular weight excluding hydrogens is 358 g/mol. The molecule has 0 aromatic heterocycles. The molecule has 0 bridgehead atoms. The molecule has 146 valence electrons. The second-order valence-electron chi connectivity index (χ2n) is 6.48. The quantitative estimate of drug-likeness (QED) is 0.520. The third kappa shape index (κ3) is 4.79. The lowest BCUT2D eigenvalue weighted by molar-refractivity contribution is -0.129. The molecular formula is C20H23N5O3. The second-order valence-corrected chi connectivity index (χ2v) is 6.48. The number of carbonyl (C=O) groups is 3. The van der Waals surface area contributed by atoms with Gasteiger partial charge in [-0.3, -0.25) is 19.6 Å². The van der Waals surface area contributed by atoms with Gasteiger partial charge in [-0.05, 0) is 36.2 Å². The maximum Gasteiger partial charge on any atom is 0.315 e. The molecule has 28 heavy (non-hydrogen) atoms. The summed E-state index contributed by atoms with van der Waals surface area (Å²) in [4.78, 5) is 35.5. The predicted octanol–water partition coefficient (Wildman–Crippen LogP) is 1.53. The Bertz CT molecular complexity index is 853. The number of aldehydes is 1. The fourth-order valence-corrected chi connectivity index (χ4v) is 3.03. The lowest BCUT2D eigenvalue weighted by Gasteiger charge is -2.30. The molecule has 0 aliphatic carbocycles. The van der Waals surface area contributed by atoms with Crippen molar-refractivity contribution in [2.45, 2.75) is 13.0 Å². The van der Waals surface area contributed by atoms with Crippen LogP contribution in [0.2, 0.25) is 0 Å². The van der Waals surface area contributed by atoms with Gasteiger partial charge in [0.05, 0.1) is 5.69 Å². The highest BCUT2D eigenvalue weighted by Crippen LogP contribution is 2.22. The molecule has 0 radical (unpaired) electrons. The standard InChI is InChI=1S/C20H23N5O3/c21-17-7-5-15(6-8-17)12-22-20(28)23-13-19(27)25-10-2-9-24(25)18-4-1-3-16(11-18)14-26/h1,3-8,11,14H,2,9-10,12-13,21H2,(H2,22,23,28). The van der Waals surface area contributed by atoms with Gasteiger partial charge in [0.2, 0.25) is 0 Å². The van der Waals surface area contributed by atoms with Crippen LogP contribution in [0.25, 0.3) is 0 Å². The van der Waals surface area contributed by atoms with Crippen LogP contribution < -0.4 is 21.4 Å². The maximum atomic E-state index is 12.6. The van der Waals surface area contributed by atoms with Crippen molar-refractivity contribution in [3.8, 4) is 0 Å². The zero-order valence-corrected chi connectivity index (χ0v) is 15.4. The first kappa shape index (κ1) is 19.2. The van der Waals surface area contributed by atoms with E-state index in [1.807, 2.05) is 23.2 Å². The molecule has 0 spiro atoms. The Morgan fingerprint density at radius 1 is 1.07 bits per heavy atom. The van der Waals surface area contributed by atoms with Gasteiger partial charge in [0.15, 0.2) is 0 Å². The van der Waals surface area contributed by atoms with Gasteiger partial charge >= 0.3 is 6.03 Å². The number of hydrogen-bond donors (Lipinski definition) is 3. The van der Waals surface area contributed by atoms with Gasteiger partial charge in [-0.25, -0.2) is 4.79 Å². The van der Waals surface area contributed by atoms with Crippen LogP contribution in [-0.2, 0) is 11.3 Å². The van der Waals surface area contributed by atoms with Crippen LogP contribution in [0.3, 0.4) is 0 Å². The number of urea groups is 1. The van der Waals surface area contributed by atoms with Gasteiger partial charge in [-0.1, -0.05) is 24.3 Å². The highest BCUT2D eigenvalue weighted by atomic mass is 16.2. The number of hydrazine groups is 1. The summed E-state index contributed by atoms with van der Waals surface area (Å²) >= 11 is 0. The van der Waals surface area contributed by atoms with E-state index in [2.05, 4.69) is 10.6 Å². The SMILES string of the molecule is Nc1ccc(CNC(=O)NCC(=O)N2CCCN2c2cccc(C=O)c2)cc1. The van der Waals surface area contributed by atoms with E-state index in [0.29, 0.717) is 30.9 Å². The lowest BCUT2D eigenvalue weighted by Crippen LogP contribution is -2.48. The Hall–Kier alpha value is -3.55. The van der Waals surface area contributed by atoms with Crippen LogP contribution in [-0.4, -0.2) is 42.9 Å². The van der Waals surface area contributed by atoms with Gasteiger partial charge in [0, 0.05) is 30.9 Å². The molecule has 2 aromatic rings. The molecule has 3 amide bonds. The molecule has 1 aliphatic rings. The molecule has 8 nitrogen and oxygen atoms in total. The summed E-state index contributed by atoms with van der Waals surface area (Å²) in [6.45, 7) is 1.47. The minimum absolute atomic E-state index is 0.114. The number of benzene rings is 2. The summed E-state index contributed by atoms with van der Waals surface area (Å²) in [5.74, 6) is -0.211. The number of nitrogens with two attached hydrogens (primary N) is 1. The summed E-state index contributed by atoms with van der Waals surface area (Å²) in [7, 11) is 0. The molecule has 8 heteroatoms. The van der Waals surface area contributed by atoms with E-state index in [4.69, 9.17) is 5.73 Å². The van der Waals surface area contributed by atoms with E-state index in [9.17, 15) is 14.4 Å². The molecule has 0 saturated carbocycles. The average Bonchev–Trinajstić information content (AvgIpc) is 3.21. The van der Waals surface area contributed by atoms with Gasteiger partial charge in [0.25, 0.3) is 5.91 Å². The highest BCUT2D eigenvalue weighted by molar-refractivity contribution is 5.85. The Morgan fingerprint density at radius 2 is 1.86 bits per heavy atom. The fourth-order valence-electron chi connectivity index (χ4n) is 3.03. The van der Waals surface area contributed by atoms with Crippen LogP contribution in [0.4, 0.5) is 16.2 Å². The molecule has 3 rings (SSSR count).